The van der Waals surface area contributed by atoms with Crippen LogP contribution in [0.1, 0.15) is 24.8 Å². The Hall–Kier alpha value is -1.48. The Labute approximate surface area is 148 Å². The predicted octanol–water partition coefficient (Wildman–Crippen LogP) is 0.466. The van der Waals surface area contributed by atoms with Gasteiger partial charge in [0.15, 0.2) is 0 Å². The van der Waals surface area contributed by atoms with Gasteiger partial charge < -0.3 is 15.4 Å². The largest absolute Gasteiger partial charge is 0.378 e. The third kappa shape index (κ3) is 4.58. The molecule has 2 N–H and O–H groups in total. The molecule has 0 bridgehead atoms. The molecule has 0 aliphatic carbocycles. The van der Waals surface area contributed by atoms with Crippen LogP contribution in [0.2, 0.25) is 0 Å². The van der Waals surface area contributed by atoms with Crippen LogP contribution in [-0.2, 0) is 26.1 Å². The fraction of sp³-hybridized carbons (Fsp3) is 0.588. The molecule has 2 heterocycles. The number of morpholine rings is 1. The lowest BCUT2D eigenvalue weighted by atomic mass is 10.2. The first-order valence-corrected chi connectivity index (χ1v) is 10.2. The summed E-state index contributed by atoms with van der Waals surface area (Å²) in [5.74, 6) is -0.107. The zero-order chi connectivity index (χ0) is 17.7. The molecule has 25 heavy (non-hydrogen) atoms. The number of nitrogens with one attached hydrogen (secondary N) is 2. The molecular formula is C17H25N3O4S. The second kappa shape index (κ2) is 8.27. The molecule has 2 saturated heterocycles. The van der Waals surface area contributed by atoms with Crippen molar-refractivity contribution >= 4 is 15.9 Å². The molecule has 1 aromatic carbocycles. The van der Waals surface area contributed by atoms with Crippen LogP contribution < -0.4 is 10.6 Å². The summed E-state index contributed by atoms with van der Waals surface area (Å²) in [4.78, 5) is 12.4. The highest BCUT2D eigenvalue weighted by Crippen LogP contribution is 2.20. The molecule has 1 atom stereocenters. The molecule has 0 saturated carbocycles. The number of benzene rings is 1. The number of piperidine rings is 1. The fourth-order valence-electron chi connectivity index (χ4n) is 3.08. The van der Waals surface area contributed by atoms with Crippen LogP contribution in [0.15, 0.2) is 29.2 Å². The van der Waals surface area contributed by atoms with Gasteiger partial charge in [0.25, 0.3) is 0 Å². The van der Waals surface area contributed by atoms with E-state index in [0.717, 1.165) is 24.8 Å². The number of rotatable bonds is 5. The van der Waals surface area contributed by atoms with Crippen molar-refractivity contribution in [2.45, 2.75) is 36.7 Å². The van der Waals surface area contributed by atoms with Crippen LogP contribution in [0.4, 0.5) is 0 Å². The van der Waals surface area contributed by atoms with Gasteiger partial charge in [0.1, 0.15) is 6.04 Å². The highest BCUT2D eigenvalue weighted by atomic mass is 32.2. The Morgan fingerprint density at radius 3 is 2.56 bits per heavy atom. The van der Waals surface area contributed by atoms with Gasteiger partial charge in [-0.1, -0.05) is 18.6 Å². The summed E-state index contributed by atoms with van der Waals surface area (Å²) >= 11 is 0. The van der Waals surface area contributed by atoms with Crippen LogP contribution in [0, 0.1) is 0 Å². The Kier molecular flexibility index (Phi) is 6.06. The van der Waals surface area contributed by atoms with E-state index < -0.39 is 10.0 Å². The van der Waals surface area contributed by atoms with Crippen molar-refractivity contribution in [1.82, 2.24) is 14.9 Å². The van der Waals surface area contributed by atoms with Gasteiger partial charge in [-0.25, -0.2) is 8.42 Å². The monoisotopic (exact) mass is 367 g/mol. The molecule has 2 aliphatic rings. The average molecular weight is 367 g/mol. The summed E-state index contributed by atoms with van der Waals surface area (Å²) in [6, 6.07) is 6.41. The van der Waals surface area contributed by atoms with Crippen LogP contribution in [-0.4, -0.2) is 57.5 Å². The second-order valence-electron chi connectivity index (χ2n) is 6.41. The molecule has 2 fully saturated rings. The first-order chi connectivity index (χ1) is 12.1. The highest BCUT2D eigenvalue weighted by Gasteiger charge is 2.25. The molecule has 1 aromatic rings. The van der Waals surface area contributed by atoms with E-state index in [0.29, 0.717) is 44.3 Å². The number of sulfonamides is 1. The third-order valence-electron chi connectivity index (χ3n) is 4.58. The lowest BCUT2D eigenvalue weighted by molar-refractivity contribution is -0.126. The quantitative estimate of drug-likeness (QED) is 0.790. The Morgan fingerprint density at radius 2 is 1.92 bits per heavy atom. The molecular weight excluding hydrogens is 342 g/mol. The van der Waals surface area contributed by atoms with Crippen molar-refractivity contribution in [2.75, 3.05) is 32.8 Å². The lowest BCUT2D eigenvalue weighted by Gasteiger charge is -2.26. The number of hydrogen-bond acceptors (Lipinski definition) is 5. The molecule has 1 unspecified atom stereocenters. The van der Waals surface area contributed by atoms with E-state index in [1.165, 1.54) is 0 Å². The minimum Gasteiger partial charge on any atom is -0.378 e. The fourth-order valence-corrected chi connectivity index (χ4v) is 4.60. The van der Waals surface area contributed by atoms with Gasteiger partial charge in [0.05, 0.1) is 18.1 Å². The van der Waals surface area contributed by atoms with Crippen LogP contribution in [0.25, 0.3) is 0 Å². The summed E-state index contributed by atoms with van der Waals surface area (Å²) in [6.45, 7) is 3.21. The zero-order valence-electron chi connectivity index (χ0n) is 14.2. The van der Waals surface area contributed by atoms with Crippen molar-refractivity contribution in [3.05, 3.63) is 29.8 Å². The molecule has 8 heteroatoms. The smallest absolute Gasteiger partial charge is 0.243 e. The van der Waals surface area contributed by atoms with Crippen molar-refractivity contribution in [3.63, 3.8) is 0 Å². The third-order valence-corrected chi connectivity index (χ3v) is 6.49. The van der Waals surface area contributed by atoms with Gasteiger partial charge >= 0.3 is 0 Å². The van der Waals surface area contributed by atoms with E-state index in [4.69, 9.17) is 4.74 Å². The SMILES string of the molecule is O=C(NCc1ccc(S(=O)(=O)N2CCCCC2)cc1)C1COCCN1. The minimum absolute atomic E-state index is 0.107. The van der Waals surface area contributed by atoms with E-state index in [1.54, 1.807) is 28.6 Å². The van der Waals surface area contributed by atoms with Crippen molar-refractivity contribution in [3.8, 4) is 0 Å². The molecule has 2 aliphatic heterocycles. The zero-order valence-corrected chi connectivity index (χ0v) is 15.1. The van der Waals surface area contributed by atoms with E-state index in [2.05, 4.69) is 10.6 Å². The van der Waals surface area contributed by atoms with Gasteiger partial charge in [-0.2, -0.15) is 4.31 Å². The number of nitrogens with zero attached hydrogens (tertiary/aromatic N) is 1. The molecule has 3 rings (SSSR count). The number of carbonyl (C=O) groups excluding carboxylic acids is 1. The second-order valence-corrected chi connectivity index (χ2v) is 8.35. The normalized spacial score (nSPS) is 22.5. The Morgan fingerprint density at radius 1 is 1.20 bits per heavy atom. The summed E-state index contributed by atoms with van der Waals surface area (Å²) in [7, 11) is -3.41. The Bertz CT molecular complexity index is 678. The van der Waals surface area contributed by atoms with Crippen molar-refractivity contribution < 1.29 is 17.9 Å². The number of carbonyl (C=O) groups is 1. The first-order valence-electron chi connectivity index (χ1n) is 8.75. The standard InChI is InChI=1S/C17H25N3O4S/c21-17(16-13-24-11-8-18-16)19-12-14-4-6-15(7-5-14)25(22,23)20-9-2-1-3-10-20/h4-7,16,18H,1-3,8-13H2,(H,19,21). The van der Waals surface area contributed by atoms with Crippen molar-refractivity contribution in [2.24, 2.45) is 0 Å². The molecule has 0 radical (unpaired) electrons. The highest BCUT2D eigenvalue weighted by molar-refractivity contribution is 7.89. The number of hydrogen-bond donors (Lipinski definition) is 2. The predicted molar refractivity (Wildman–Crippen MR) is 93.5 cm³/mol. The number of amides is 1. The summed E-state index contributed by atoms with van der Waals surface area (Å²) in [5.41, 5.74) is 0.864. The lowest BCUT2D eigenvalue weighted by Crippen LogP contribution is -2.51. The van der Waals surface area contributed by atoms with E-state index in [9.17, 15) is 13.2 Å². The van der Waals surface area contributed by atoms with E-state index in [-0.39, 0.29) is 11.9 Å². The summed E-state index contributed by atoms with van der Waals surface area (Å²) in [5, 5.41) is 5.95. The molecule has 0 spiro atoms. The van der Waals surface area contributed by atoms with Gasteiger partial charge in [-0.3, -0.25) is 4.79 Å². The maximum absolute atomic E-state index is 12.6. The molecule has 0 aromatic heterocycles. The topological polar surface area (TPSA) is 87.7 Å². The average Bonchev–Trinajstić information content (AvgIpc) is 2.68. The minimum atomic E-state index is -3.41. The summed E-state index contributed by atoms with van der Waals surface area (Å²) in [6.07, 6.45) is 2.93. The van der Waals surface area contributed by atoms with Gasteiger partial charge in [0, 0.05) is 26.2 Å². The number of ether oxygens (including phenoxy) is 1. The van der Waals surface area contributed by atoms with Crippen LogP contribution in [0.3, 0.4) is 0 Å². The van der Waals surface area contributed by atoms with E-state index >= 15 is 0 Å². The van der Waals surface area contributed by atoms with Crippen molar-refractivity contribution in [1.29, 1.82) is 0 Å². The van der Waals surface area contributed by atoms with Gasteiger partial charge in [-0.05, 0) is 30.5 Å². The maximum Gasteiger partial charge on any atom is 0.243 e. The van der Waals surface area contributed by atoms with Crippen LogP contribution >= 0.6 is 0 Å². The maximum atomic E-state index is 12.6. The Balaban J connectivity index is 1.57. The van der Waals surface area contributed by atoms with E-state index in [1.807, 2.05) is 0 Å². The summed E-state index contributed by atoms with van der Waals surface area (Å²) < 4.78 is 32.0. The van der Waals surface area contributed by atoms with Gasteiger partial charge in [0.2, 0.25) is 15.9 Å². The molecule has 138 valence electrons. The first kappa shape index (κ1) is 18.3. The molecule has 1 amide bonds. The van der Waals surface area contributed by atoms with Gasteiger partial charge in [-0.15, -0.1) is 0 Å². The molecule has 7 nitrogen and oxygen atoms in total. The van der Waals surface area contributed by atoms with Crippen LogP contribution in [0.5, 0.6) is 0 Å².